The molecule has 1 heterocycles. The maximum absolute atomic E-state index is 13.4. The number of aromatic amines is 1. The fraction of sp³-hybridized carbons (Fsp3) is 0.111. The summed E-state index contributed by atoms with van der Waals surface area (Å²) < 4.78 is 5.17. The number of rotatable bonds is 7. The summed E-state index contributed by atoms with van der Waals surface area (Å²) in [5.41, 5.74) is 2.33. The van der Waals surface area contributed by atoms with Gasteiger partial charge in [-0.2, -0.15) is 5.10 Å². The van der Waals surface area contributed by atoms with Crippen molar-refractivity contribution < 1.29 is 14.3 Å². The number of esters is 1. The molecule has 1 aromatic heterocycles. The lowest BCUT2D eigenvalue weighted by Crippen LogP contribution is -2.26. The molecule has 1 amide bonds. The van der Waals surface area contributed by atoms with Gasteiger partial charge in [-0.15, -0.1) is 0 Å². The van der Waals surface area contributed by atoms with Crippen LogP contribution in [0.1, 0.15) is 34.1 Å². The second-order valence-corrected chi connectivity index (χ2v) is 7.55. The zero-order valence-corrected chi connectivity index (χ0v) is 18.6. The van der Waals surface area contributed by atoms with Crippen molar-refractivity contribution in [2.75, 3.05) is 11.9 Å². The van der Waals surface area contributed by atoms with Crippen LogP contribution in [0.2, 0.25) is 0 Å². The lowest BCUT2D eigenvalue weighted by atomic mass is 9.95. The van der Waals surface area contributed by atoms with Crippen molar-refractivity contribution in [1.82, 2.24) is 10.2 Å². The van der Waals surface area contributed by atoms with Crippen LogP contribution in [0, 0.1) is 0 Å². The highest BCUT2D eigenvalue weighted by Gasteiger charge is 2.23. The molecule has 34 heavy (non-hydrogen) atoms. The molecule has 0 aliphatic rings. The van der Waals surface area contributed by atoms with Gasteiger partial charge in [-0.05, 0) is 30.2 Å². The maximum atomic E-state index is 13.4. The Bertz CT molecular complexity index is 1370. The van der Waals surface area contributed by atoms with Gasteiger partial charge in [0.15, 0.2) is 0 Å². The number of benzene rings is 3. The van der Waals surface area contributed by atoms with Crippen LogP contribution in [-0.4, -0.2) is 28.7 Å². The Morgan fingerprint density at radius 3 is 2.26 bits per heavy atom. The third-order valence-electron chi connectivity index (χ3n) is 5.11. The summed E-state index contributed by atoms with van der Waals surface area (Å²) in [5.74, 6) is -1.09. The van der Waals surface area contributed by atoms with Gasteiger partial charge < -0.3 is 10.1 Å². The topological polar surface area (TPSA) is 101 Å². The molecule has 4 rings (SSSR count). The molecule has 7 heteroatoms. The number of hydrogen-bond acceptors (Lipinski definition) is 5. The summed E-state index contributed by atoms with van der Waals surface area (Å²) in [4.78, 5) is 38.5. The van der Waals surface area contributed by atoms with Crippen LogP contribution in [0.4, 0.5) is 5.69 Å². The molecular weight excluding hydrogens is 430 g/mol. The summed E-state index contributed by atoms with van der Waals surface area (Å²) in [6, 6.07) is 24.9. The summed E-state index contributed by atoms with van der Waals surface area (Å²) in [6.07, 6.45) is 0.707. The van der Waals surface area contributed by atoms with E-state index in [4.69, 9.17) is 4.74 Å². The third kappa shape index (κ3) is 4.94. The standard InChI is InChI=1S/C27H23N3O4/c1-2-16-34-27(33)20-14-9-15-21(17-20)28-25(31)23-22(18-10-5-3-6-11-18)24(29-30-26(23)32)19-12-7-4-8-13-19/h3-15,17H,2,16H2,1H3,(H,28,31)(H,30,32). The van der Waals surface area contributed by atoms with Crippen molar-refractivity contribution in [2.45, 2.75) is 13.3 Å². The van der Waals surface area contributed by atoms with E-state index in [-0.39, 0.29) is 5.56 Å². The predicted molar refractivity (Wildman–Crippen MR) is 131 cm³/mol. The fourth-order valence-electron chi connectivity index (χ4n) is 3.55. The number of H-pyrrole nitrogens is 1. The molecule has 0 bridgehead atoms. The first-order valence-electron chi connectivity index (χ1n) is 10.9. The SMILES string of the molecule is CCCOC(=O)c1cccc(NC(=O)c2c(-c3ccccc3)c(-c3ccccc3)n[nH]c2=O)c1. The Morgan fingerprint density at radius 2 is 1.59 bits per heavy atom. The first-order chi connectivity index (χ1) is 16.6. The normalized spacial score (nSPS) is 10.5. The van der Waals surface area contributed by atoms with Crippen LogP contribution in [-0.2, 0) is 4.74 Å². The molecule has 0 spiro atoms. The van der Waals surface area contributed by atoms with Gasteiger partial charge in [0.2, 0.25) is 0 Å². The molecule has 0 saturated heterocycles. The summed E-state index contributed by atoms with van der Waals surface area (Å²) in [5, 5.41) is 9.46. The lowest BCUT2D eigenvalue weighted by Gasteiger charge is -2.14. The minimum absolute atomic E-state index is 0.0704. The van der Waals surface area contributed by atoms with Gasteiger partial charge >= 0.3 is 5.97 Å². The average molecular weight is 453 g/mol. The van der Waals surface area contributed by atoms with E-state index in [9.17, 15) is 14.4 Å². The summed E-state index contributed by atoms with van der Waals surface area (Å²) in [6.45, 7) is 2.22. The number of anilines is 1. The maximum Gasteiger partial charge on any atom is 0.338 e. The molecule has 0 unspecified atom stereocenters. The van der Waals surface area contributed by atoms with Crippen molar-refractivity contribution in [3.05, 3.63) is 106 Å². The van der Waals surface area contributed by atoms with Crippen molar-refractivity contribution in [2.24, 2.45) is 0 Å². The van der Waals surface area contributed by atoms with E-state index in [1.54, 1.807) is 18.2 Å². The Balaban J connectivity index is 1.77. The van der Waals surface area contributed by atoms with Crippen molar-refractivity contribution in [3.8, 4) is 22.4 Å². The molecule has 3 aromatic carbocycles. The Hall–Kier alpha value is -4.52. The largest absolute Gasteiger partial charge is 0.462 e. The number of aromatic nitrogens is 2. The van der Waals surface area contributed by atoms with Gasteiger partial charge in [0.05, 0.1) is 17.9 Å². The van der Waals surface area contributed by atoms with Gasteiger partial charge in [-0.3, -0.25) is 9.59 Å². The molecule has 7 nitrogen and oxygen atoms in total. The molecule has 170 valence electrons. The van der Waals surface area contributed by atoms with Crippen LogP contribution >= 0.6 is 0 Å². The van der Waals surface area contributed by atoms with E-state index >= 15 is 0 Å². The van der Waals surface area contributed by atoms with E-state index in [1.807, 2.05) is 67.6 Å². The summed E-state index contributed by atoms with van der Waals surface area (Å²) >= 11 is 0. The minimum atomic E-state index is -0.616. The van der Waals surface area contributed by atoms with Gasteiger partial charge in [0.1, 0.15) is 5.56 Å². The van der Waals surface area contributed by atoms with Gasteiger partial charge in [-0.25, -0.2) is 9.89 Å². The van der Waals surface area contributed by atoms with Crippen LogP contribution < -0.4 is 10.9 Å². The number of nitrogens with one attached hydrogen (secondary N) is 2. The quantitative estimate of drug-likeness (QED) is 0.387. The number of hydrogen-bond donors (Lipinski definition) is 2. The molecule has 0 fully saturated rings. The fourth-order valence-corrected chi connectivity index (χ4v) is 3.55. The van der Waals surface area contributed by atoms with E-state index in [1.165, 1.54) is 6.07 Å². The van der Waals surface area contributed by atoms with Gasteiger partial charge in [0, 0.05) is 16.8 Å². The number of nitrogens with zero attached hydrogens (tertiary/aromatic N) is 1. The Labute approximate surface area is 196 Å². The highest BCUT2D eigenvalue weighted by atomic mass is 16.5. The number of amides is 1. The molecule has 0 atom stereocenters. The first-order valence-corrected chi connectivity index (χ1v) is 10.9. The van der Waals surface area contributed by atoms with E-state index < -0.39 is 17.4 Å². The number of carbonyl (C=O) groups is 2. The van der Waals surface area contributed by atoms with Gasteiger partial charge in [-0.1, -0.05) is 73.7 Å². The zero-order chi connectivity index (χ0) is 23.9. The Morgan fingerprint density at radius 1 is 0.912 bits per heavy atom. The highest BCUT2D eigenvalue weighted by molar-refractivity contribution is 6.10. The predicted octanol–water partition coefficient (Wildman–Crippen LogP) is 4.92. The molecule has 0 radical (unpaired) electrons. The molecule has 0 saturated carbocycles. The van der Waals surface area contributed by atoms with Crippen molar-refractivity contribution >= 4 is 17.6 Å². The first kappa shape index (κ1) is 22.7. The second kappa shape index (κ2) is 10.4. The van der Waals surface area contributed by atoms with Crippen molar-refractivity contribution in [3.63, 3.8) is 0 Å². The van der Waals surface area contributed by atoms with Crippen LogP contribution in [0.25, 0.3) is 22.4 Å². The van der Waals surface area contributed by atoms with Gasteiger partial charge in [0.25, 0.3) is 11.5 Å². The van der Waals surface area contributed by atoms with E-state index in [0.29, 0.717) is 41.1 Å². The third-order valence-corrected chi connectivity index (χ3v) is 5.11. The average Bonchev–Trinajstić information content (AvgIpc) is 2.88. The van der Waals surface area contributed by atoms with Crippen molar-refractivity contribution in [1.29, 1.82) is 0 Å². The lowest BCUT2D eigenvalue weighted by molar-refractivity contribution is 0.0505. The van der Waals surface area contributed by atoms with E-state index in [0.717, 1.165) is 5.56 Å². The highest BCUT2D eigenvalue weighted by Crippen LogP contribution is 2.32. The smallest absolute Gasteiger partial charge is 0.338 e. The molecular formula is C27H23N3O4. The van der Waals surface area contributed by atoms with Crippen LogP contribution in [0.5, 0.6) is 0 Å². The zero-order valence-electron chi connectivity index (χ0n) is 18.6. The molecule has 0 aliphatic carbocycles. The molecule has 4 aromatic rings. The number of carbonyl (C=O) groups excluding carboxylic acids is 2. The minimum Gasteiger partial charge on any atom is -0.462 e. The van der Waals surface area contributed by atoms with Crippen LogP contribution in [0.15, 0.2) is 89.7 Å². The summed E-state index contributed by atoms with van der Waals surface area (Å²) in [7, 11) is 0. The Kier molecular flexibility index (Phi) is 6.93. The monoisotopic (exact) mass is 453 g/mol. The van der Waals surface area contributed by atoms with Crippen LogP contribution in [0.3, 0.4) is 0 Å². The number of ether oxygens (including phenoxy) is 1. The van der Waals surface area contributed by atoms with E-state index in [2.05, 4.69) is 15.5 Å². The second-order valence-electron chi connectivity index (χ2n) is 7.55. The molecule has 2 N–H and O–H groups in total. The molecule has 0 aliphatic heterocycles.